The molecule has 1 aromatic heterocycles. The van der Waals surface area contributed by atoms with Gasteiger partial charge in [0.1, 0.15) is 0 Å². The molecule has 21 heavy (non-hydrogen) atoms. The SMILES string of the molecule is CC(C)C1CC(CN)(N(Cc2cccs2)C(C)C)CCO1. The Balaban J connectivity index is 2.21. The van der Waals surface area contributed by atoms with Gasteiger partial charge in [0.2, 0.25) is 0 Å². The highest BCUT2D eigenvalue weighted by molar-refractivity contribution is 7.09. The average Bonchev–Trinajstić information content (AvgIpc) is 2.97. The van der Waals surface area contributed by atoms with Crippen LogP contribution in [-0.4, -0.2) is 35.7 Å². The Kier molecular flexibility index (Phi) is 5.83. The van der Waals surface area contributed by atoms with Crippen molar-refractivity contribution in [2.45, 2.75) is 64.8 Å². The Hall–Kier alpha value is -0.420. The van der Waals surface area contributed by atoms with Crippen LogP contribution in [-0.2, 0) is 11.3 Å². The maximum absolute atomic E-state index is 6.27. The molecule has 0 spiro atoms. The number of thiophene rings is 1. The van der Waals surface area contributed by atoms with Crippen LogP contribution in [0.15, 0.2) is 17.5 Å². The quantitative estimate of drug-likeness (QED) is 0.874. The molecule has 1 fully saturated rings. The van der Waals surface area contributed by atoms with Crippen LogP contribution in [0.2, 0.25) is 0 Å². The summed E-state index contributed by atoms with van der Waals surface area (Å²) >= 11 is 1.84. The Labute approximate surface area is 133 Å². The van der Waals surface area contributed by atoms with Crippen LogP contribution in [0.25, 0.3) is 0 Å². The summed E-state index contributed by atoms with van der Waals surface area (Å²) < 4.78 is 5.98. The first kappa shape index (κ1) is 16.9. The highest BCUT2D eigenvalue weighted by Crippen LogP contribution is 2.35. The molecule has 2 atom stereocenters. The molecule has 0 aliphatic carbocycles. The summed E-state index contributed by atoms with van der Waals surface area (Å²) in [4.78, 5) is 4.03. The highest BCUT2D eigenvalue weighted by Gasteiger charge is 2.42. The third-order valence-corrected chi connectivity index (χ3v) is 5.60. The minimum absolute atomic E-state index is 0.0747. The number of nitrogens with zero attached hydrogens (tertiary/aromatic N) is 1. The van der Waals surface area contributed by atoms with Gasteiger partial charge in [0.05, 0.1) is 6.10 Å². The van der Waals surface area contributed by atoms with Crippen molar-refractivity contribution in [3.63, 3.8) is 0 Å². The fourth-order valence-corrected chi connectivity index (χ4v) is 4.10. The predicted octanol–water partition coefficient (Wildman–Crippen LogP) is 3.49. The zero-order chi connectivity index (χ0) is 15.5. The van der Waals surface area contributed by atoms with Gasteiger partial charge < -0.3 is 10.5 Å². The van der Waals surface area contributed by atoms with Crippen LogP contribution in [0.1, 0.15) is 45.4 Å². The van der Waals surface area contributed by atoms with E-state index in [1.807, 2.05) is 11.3 Å². The number of hydrogen-bond donors (Lipinski definition) is 1. The molecule has 1 aliphatic heterocycles. The normalized spacial score (nSPS) is 27.0. The van der Waals surface area contributed by atoms with Crippen molar-refractivity contribution in [2.24, 2.45) is 11.7 Å². The second kappa shape index (κ2) is 7.23. The lowest BCUT2D eigenvalue weighted by molar-refractivity contribution is -0.0977. The van der Waals surface area contributed by atoms with Gasteiger partial charge in [-0.2, -0.15) is 0 Å². The lowest BCUT2D eigenvalue weighted by atomic mass is 9.81. The van der Waals surface area contributed by atoms with Gasteiger partial charge in [-0.15, -0.1) is 11.3 Å². The van der Waals surface area contributed by atoms with Crippen molar-refractivity contribution >= 4 is 11.3 Å². The van der Waals surface area contributed by atoms with E-state index in [0.717, 1.165) is 26.0 Å². The van der Waals surface area contributed by atoms with E-state index in [4.69, 9.17) is 10.5 Å². The topological polar surface area (TPSA) is 38.5 Å². The van der Waals surface area contributed by atoms with E-state index in [1.54, 1.807) is 0 Å². The zero-order valence-electron chi connectivity index (χ0n) is 13.8. The van der Waals surface area contributed by atoms with E-state index >= 15 is 0 Å². The molecule has 2 rings (SSSR count). The molecular formula is C17H30N2OS. The van der Waals surface area contributed by atoms with E-state index in [2.05, 4.69) is 50.1 Å². The molecule has 0 aromatic carbocycles. The van der Waals surface area contributed by atoms with Crippen molar-refractivity contribution < 1.29 is 4.74 Å². The lowest BCUT2D eigenvalue weighted by Gasteiger charge is -2.50. The van der Waals surface area contributed by atoms with Crippen LogP contribution in [0.3, 0.4) is 0 Å². The molecule has 4 heteroatoms. The summed E-state index contributed by atoms with van der Waals surface area (Å²) in [5, 5.41) is 2.16. The molecular weight excluding hydrogens is 280 g/mol. The molecule has 2 unspecified atom stereocenters. The van der Waals surface area contributed by atoms with Gasteiger partial charge in [0, 0.05) is 36.2 Å². The summed E-state index contributed by atoms with van der Waals surface area (Å²) in [6.07, 6.45) is 2.41. The van der Waals surface area contributed by atoms with Gasteiger partial charge in [0.25, 0.3) is 0 Å². The molecule has 1 aromatic rings. The van der Waals surface area contributed by atoms with Gasteiger partial charge in [-0.3, -0.25) is 4.90 Å². The van der Waals surface area contributed by atoms with Crippen LogP contribution >= 0.6 is 11.3 Å². The van der Waals surface area contributed by atoms with Gasteiger partial charge in [0.15, 0.2) is 0 Å². The van der Waals surface area contributed by atoms with E-state index in [1.165, 1.54) is 4.88 Å². The van der Waals surface area contributed by atoms with Gasteiger partial charge in [-0.05, 0) is 44.1 Å². The Morgan fingerprint density at radius 2 is 2.19 bits per heavy atom. The minimum atomic E-state index is 0.0747. The van der Waals surface area contributed by atoms with Crippen LogP contribution in [0, 0.1) is 5.92 Å². The third-order valence-electron chi connectivity index (χ3n) is 4.74. The smallest absolute Gasteiger partial charge is 0.0616 e. The largest absolute Gasteiger partial charge is 0.378 e. The van der Waals surface area contributed by atoms with Gasteiger partial charge in [-0.1, -0.05) is 19.9 Å². The summed E-state index contributed by atoms with van der Waals surface area (Å²) in [7, 11) is 0. The van der Waals surface area contributed by atoms with E-state index in [-0.39, 0.29) is 5.54 Å². The molecule has 120 valence electrons. The van der Waals surface area contributed by atoms with Crippen molar-refractivity contribution in [3.8, 4) is 0 Å². The van der Waals surface area contributed by atoms with E-state index in [9.17, 15) is 0 Å². The fraction of sp³-hybridized carbons (Fsp3) is 0.765. The van der Waals surface area contributed by atoms with Crippen LogP contribution < -0.4 is 5.73 Å². The summed E-state index contributed by atoms with van der Waals surface area (Å²) in [6.45, 7) is 11.6. The first-order chi connectivity index (χ1) is 9.98. The summed E-state index contributed by atoms with van der Waals surface area (Å²) in [5.74, 6) is 0.548. The first-order valence-electron chi connectivity index (χ1n) is 8.09. The Morgan fingerprint density at radius 3 is 2.71 bits per heavy atom. The Morgan fingerprint density at radius 1 is 1.43 bits per heavy atom. The molecule has 3 nitrogen and oxygen atoms in total. The molecule has 2 heterocycles. The predicted molar refractivity (Wildman–Crippen MR) is 90.6 cm³/mol. The molecule has 0 bridgehead atoms. The maximum Gasteiger partial charge on any atom is 0.0616 e. The minimum Gasteiger partial charge on any atom is -0.378 e. The standard InChI is InChI=1S/C17H30N2OS/c1-13(2)16-10-17(12-18,7-8-20-16)19(14(3)4)11-15-6-5-9-21-15/h5-6,9,13-14,16H,7-8,10-12,18H2,1-4H3. The number of rotatable bonds is 6. The van der Waals surface area contributed by atoms with E-state index in [0.29, 0.717) is 24.6 Å². The van der Waals surface area contributed by atoms with Crippen LogP contribution in [0.5, 0.6) is 0 Å². The van der Waals surface area contributed by atoms with Gasteiger partial charge >= 0.3 is 0 Å². The first-order valence-corrected chi connectivity index (χ1v) is 8.97. The fourth-order valence-electron chi connectivity index (χ4n) is 3.40. The molecule has 1 saturated heterocycles. The van der Waals surface area contributed by atoms with Crippen molar-refractivity contribution in [1.82, 2.24) is 4.90 Å². The number of hydrogen-bond acceptors (Lipinski definition) is 4. The molecule has 0 radical (unpaired) electrons. The molecule has 2 N–H and O–H groups in total. The summed E-state index contributed by atoms with van der Waals surface area (Å²) in [5.41, 5.74) is 6.35. The second-order valence-electron chi connectivity index (χ2n) is 6.84. The van der Waals surface area contributed by atoms with Crippen LogP contribution in [0.4, 0.5) is 0 Å². The van der Waals surface area contributed by atoms with Crippen molar-refractivity contribution in [3.05, 3.63) is 22.4 Å². The van der Waals surface area contributed by atoms with Gasteiger partial charge in [-0.25, -0.2) is 0 Å². The van der Waals surface area contributed by atoms with E-state index < -0.39 is 0 Å². The number of nitrogens with two attached hydrogens (primary N) is 1. The average molecular weight is 311 g/mol. The monoisotopic (exact) mass is 310 g/mol. The zero-order valence-corrected chi connectivity index (χ0v) is 14.7. The lowest BCUT2D eigenvalue weighted by Crippen LogP contribution is -2.60. The van der Waals surface area contributed by atoms with Crippen molar-refractivity contribution in [1.29, 1.82) is 0 Å². The summed E-state index contributed by atoms with van der Waals surface area (Å²) in [6, 6.07) is 4.85. The molecule has 1 aliphatic rings. The third kappa shape index (κ3) is 3.86. The number of ether oxygens (including phenoxy) is 1. The molecule has 0 saturated carbocycles. The van der Waals surface area contributed by atoms with Crippen molar-refractivity contribution in [2.75, 3.05) is 13.2 Å². The highest BCUT2D eigenvalue weighted by atomic mass is 32.1. The second-order valence-corrected chi connectivity index (χ2v) is 7.87. The molecule has 0 amide bonds. The Bertz CT molecular complexity index is 418. The maximum atomic E-state index is 6.27.